The zero-order valence-electron chi connectivity index (χ0n) is 18.5. The fourth-order valence-electron chi connectivity index (χ4n) is 3.43. The Morgan fingerprint density at radius 2 is 1.79 bits per heavy atom. The van der Waals surface area contributed by atoms with Crippen molar-refractivity contribution in [2.24, 2.45) is 7.05 Å². The average Bonchev–Trinajstić information content (AvgIpc) is 3.24. The molecule has 4 aromatic rings. The molecule has 0 aliphatic rings. The summed E-state index contributed by atoms with van der Waals surface area (Å²) in [6, 6.07) is 7.71. The molecule has 2 N–H and O–H groups in total. The van der Waals surface area contributed by atoms with E-state index in [9.17, 15) is 22.0 Å². The van der Waals surface area contributed by atoms with E-state index in [0.717, 1.165) is 17.0 Å². The van der Waals surface area contributed by atoms with Crippen molar-refractivity contribution in [2.75, 3.05) is 22.9 Å². The van der Waals surface area contributed by atoms with Crippen molar-refractivity contribution < 1.29 is 22.0 Å². The van der Waals surface area contributed by atoms with Gasteiger partial charge in [0.05, 0.1) is 23.0 Å². The molecule has 0 aliphatic heterocycles. The molecule has 4 rings (SSSR count). The van der Waals surface area contributed by atoms with Gasteiger partial charge in [-0.05, 0) is 37.3 Å². The Balaban J connectivity index is 1.96. The Hall–Kier alpha value is -3.93. The molecule has 2 aromatic heterocycles. The van der Waals surface area contributed by atoms with Gasteiger partial charge in [0.15, 0.2) is 0 Å². The maximum Gasteiger partial charge on any atom is 0.261 e. The Bertz CT molecular complexity index is 1560. The van der Waals surface area contributed by atoms with Gasteiger partial charge in [0.1, 0.15) is 24.3 Å². The lowest BCUT2D eigenvalue weighted by molar-refractivity contribution is 0.136. The zero-order chi connectivity index (χ0) is 24.6. The van der Waals surface area contributed by atoms with Crippen molar-refractivity contribution in [3.63, 3.8) is 0 Å². The van der Waals surface area contributed by atoms with Gasteiger partial charge in [-0.1, -0.05) is 0 Å². The summed E-state index contributed by atoms with van der Waals surface area (Å²) in [7, 11) is -0.628. The summed E-state index contributed by atoms with van der Waals surface area (Å²) in [5.41, 5.74) is 1.49. The SMILES string of the molecule is CCS(=O)(=O)Nc1ccc(Nc2ccc(F)cc2F)c(-c2cn(C)c(=O)c3cn(OC)nc23)c1. The number of nitrogens with one attached hydrogen (secondary N) is 2. The molecular weight excluding hydrogens is 468 g/mol. The van der Waals surface area contributed by atoms with E-state index in [0.29, 0.717) is 22.3 Å². The third-order valence-corrected chi connectivity index (χ3v) is 6.48. The van der Waals surface area contributed by atoms with Gasteiger partial charge in [-0.2, -0.15) is 0 Å². The van der Waals surface area contributed by atoms with E-state index in [4.69, 9.17) is 4.84 Å². The average molecular weight is 490 g/mol. The molecule has 12 heteroatoms. The van der Waals surface area contributed by atoms with E-state index >= 15 is 0 Å². The number of benzene rings is 2. The quantitative estimate of drug-likeness (QED) is 0.413. The number of hydrogen-bond acceptors (Lipinski definition) is 6. The number of aromatic nitrogens is 3. The van der Waals surface area contributed by atoms with Gasteiger partial charge in [-0.3, -0.25) is 9.52 Å². The first-order valence-electron chi connectivity index (χ1n) is 10.1. The van der Waals surface area contributed by atoms with Crippen LogP contribution < -0.4 is 20.4 Å². The van der Waals surface area contributed by atoms with Crippen molar-refractivity contribution in [3.05, 3.63) is 70.8 Å². The number of rotatable bonds is 7. The Labute approximate surface area is 193 Å². The number of aryl methyl sites for hydroxylation is 1. The van der Waals surface area contributed by atoms with E-state index in [1.165, 1.54) is 43.1 Å². The number of sulfonamides is 1. The van der Waals surface area contributed by atoms with E-state index < -0.39 is 21.7 Å². The summed E-state index contributed by atoms with van der Waals surface area (Å²) in [4.78, 5) is 18.9. The lowest BCUT2D eigenvalue weighted by Gasteiger charge is -2.16. The maximum atomic E-state index is 14.4. The van der Waals surface area contributed by atoms with Crippen molar-refractivity contribution in [1.82, 2.24) is 14.5 Å². The molecule has 0 saturated carbocycles. The van der Waals surface area contributed by atoms with Gasteiger partial charge in [0.2, 0.25) is 10.0 Å². The second-order valence-corrected chi connectivity index (χ2v) is 9.46. The number of nitrogens with zero attached hydrogens (tertiary/aromatic N) is 3. The topological polar surface area (TPSA) is 107 Å². The number of anilines is 3. The van der Waals surface area contributed by atoms with Crippen molar-refractivity contribution in [2.45, 2.75) is 6.92 Å². The standard InChI is InChI=1S/C22H21F2N5O4S/c1-4-34(31,32)27-14-6-8-19(25-20-7-5-13(23)9-18(20)24)15(10-14)16-11-28(2)22(30)17-12-29(33-3)26-21(16)17/h5-12,25,27H,4H2,1-3H3. The molecule has 0 unspecified atom stereocenters. The summed E-state index contributed by atoms with van der Waals surface area (Å²) >= 11 is 0. The van der Waals surface area contributed by atoms with Crippen molar-refractivity contribution >= 4 is 38.0 Å². The summed E-state index contributed by atoms with van der Waals surface area (Å²) < 4.78 is 55.8. The Kier molecular flexibility index (Phi) is 6.00. The lowest BCUT2D eigenvalue weighted by atomic mass is 10.0. The highest BCUT2D eigenvalue weighted by Crippen LogP contribution is 2.36. The molecule has 0 atom stereocenters. The van der Waals surface area contributed by atoms with Crippen LogP contribution in [0.1, 0.15) is 6.92 Å². The van der Waals surface area contributed by atoms with E-state index in [2.05, 4.69) is 15.1 Å². The van der Waals surface area contributed by atoms with Crippen LogP contribution >= 0.6 is 0 Å². The van der Waals surface area contributed by atoms with Crippen molar-refractivity contribution in [1.29, 1.82) is 0 Å². The highest BCUT2D eigenvalue weighted by molar-refractivity contribution is 7.92. The molecular formula is C22H21F2N5O4S. The fourth-order valence-corrected chi connectivity index (χ4v) is 4.06. The first-order chi connectivity index (χ1) is 16.1. The highest BCUT2D eigenvalue weighted by atomic mass is 32.2. The second kappa shape index (κ2) is 8.78. The van der Waals surface area contributed by atoms with Crippen LogP contribution in [0.2, 0.25) is 0 Å². The molecule has 9 nitrogen and oxygen atoms in total. The Morgan fingerprint density at radius 1 is 1.06 bits per heavy atom. The number of pyridine rings is 1. The predicted molar refractivity (Wildman–Crippen MR) is 126 cm³/mol. The van der Waals surface area contributed by atoms with Crippen LogP contribution in [0, 0.1) is 11.6 Å². The van der Waals surface area contributed by atoms with Crippen LogP contribution in [-0.2, 0) is 17.1 Å². The lowest BCUT2D eigenvalue weighted by Crippen LogP contribution is -2.16. The van der Waals surface area contributed by atoms with Crippen LogP contribution in [0.4, 0.5) is 25.8 Å². The summed E-state index contributed by atoms with van der Waals surface area (Å²) in [5, 5.41) is 7.48. The van der Waals surface area contributed by atoms with Gasteiger partial charge in [0.25, 0.3) is 5.56 Å². The molecule has 0 amide bonds. The van der Waals surface area contributed by atoms with Crippen LogP contribution in [0.5, 0.6) is 0 Å². The highest BCUT2D eigenvalue weighted by Gasteiger charge is 2.19. The minimum atomic E-state index is -3.58. The van der Waals surface area contributed by atoms with Crippen LogP contribution in [-0.4, -0.2) is 35.8 Å². The molecule has 2 aromatic carbocycles. The predicted octanol–water partition coefficient (Wildman–Crippen LogP) is 3.24. The largest absolute Gasteiger partial charge is 0.400 e. The molecule has 178 valence electrons. The molecule has 0 aliphatic carbocycles. The van der Waals surface area contributed by atoms with E-state index in [1.807, 2.05) is 0 Å². The smallest absolute Gasteiger partial charge is 0.261 e. The van der Waals surface area contributed by atoms with Crippen LogP contribution in [0.15, 0.2) is 53.6 Å². The van der Waals surface area contributed by atoms with E-state index in [-0.39, 0.29) is 28.1 Å². The zero-order valence-corrected chi connectivity index (χ0v) is 19.3. The summed E-state index contributed by atoms with van der Waals surface area (Å²) in [6.07, 6.45) is 2.97. The van der Waals surface area contributed by atoms with Gasteiger partial charge in [-0.25, -0.2) is 17.2 Å². The summed E-state index contributed by atoms with van der Waals surface area (Å²) in [5.74, 6) is -1.67. The first kappa shape index (κ1) is 23.2. The van der Waals surface area contributed by atoms with Gasteiger partial charge in [-0.15, -0.1) is 9.94 Å². The number of halogens is 2. The second-order valence-electron chi connectivity index (χ2n) is 7.45. The molecule has 0 bridgehead atoms. The monoisotopic (exact) mass is 489 g/mol. The van der Waals surface area contributed by atoms with Gasteiger partial charge < -0.3 is 14.7 Å². The van der Waals surface area contributed by atoms with E-state index in [1.54, 1.807) is 19.2 Å². The maximum absolute atomic E-state index is 14.4. The molecule has 0 fully saturated rings. The van der Waals surface area contributed by atoms with Gasteiger partial charge >= 0.3 is 0 Å². The molecule has 0 radical (unpaired) electrons. The molecule has 2 heterocycles. The summed E-state index contributed by atoms with van der Waals surface area (Å²) in [6.45, 7) is 1.50. The fraction of sp³-hybridized carbons (Fsp3) is 0.182. The van der Waals surface area contributed by atoms with Crippen molar-refractivity contribution in [3.8, 4) is 11.1 Å². The number of hydrogen-bond donors (Lipinski definition) is 2. The third-order valence-electron chi connectivity index (χ3n) is 5.17. The normalized spacial score (nSPS) is 11.6. The third kappa shape index (κ3) is 4.44. The minimum absolute atomic E-state index is 0.00743. The molecule has 0 saturated heterocycles. The molecule has 0 spiro atoms. The molecule has 34 heavy (non-hydrogen) atoms. The van der Waals surface area contributed by atoms with Crippen LogP contribution in [0.25, 0.3) is 22.0 Å². The Morgan fingerprint density at radius 3 is 2.47 bits per heavy atom. The first-order valence-corrected chi connectivity index (χ1v) is 11.8. The van der Waals surface area contributed by atoms with Crippen LogP contribution in [0.3, 0.4) is 0 Å². The minimum Gasteiger partial charge on any atom is -0.400 e. The van der Waals surface area contributed by atoms with Gasteiger partial charge in [0, 0.05) is 41.8 Å². The number of fused-ring (bicyclic) bond motifs is 1.